The molecule has 0 aromatic carbocycles. The van der Waals surface area contributed by atoms with Crippen molar-refractivity contribution in [2.75, 3.05) is 0 Å². The van der Waals surface area contributed by atoms with E-state index in [9.17, 15) is 0 Å². The van der Waals surface area contributed by atoms with E-state index in [1.54, 1.807) is 12.3 Å². The molecular formula is C13H18N2. The molecule has 0 atom stereocenters. The first-order valence-electron chi connectivity index (χ1n) is 4.83. The van der Waals surface area contributed by atoms with Crippen LogP contribution in [0, 0.1) is 0 Å². The van der Waals surface area contributed by atoms with Crippen LogP contribution in [0.4, 0.5) is 0 Å². The molecule has 0 amide bonds. The Balaban J connectivity index is 4.92. The van der Waals surface area contributed by atoms with Crippen LogP contribution >= 0.6 is 0 Å². The standard InChI is InChI=1S/C13H18N2/c1-4-7-9-12(14)13(10-8-5-2)15-11-6-3/h4-11H,3,14H2,1-2H3/b7-4-,8-5+,12-9+,13-10+,15-11?. The summed E-state index contributed by atoms with van der Waals surface area (Å²) in [5.41, 5.74) is 7.20. The lowest BCUT2D eigenvalue weighted by Gasteiger charge is -1.99. The molecule has 0 aliphatic heterocycles. The molecule has 2 N–H and O–H groups in total. The number of rotatable bonds is 5. The Hall–Kier alpha value is -1.83. The fourth-order valence-corrected chi connectivity index (χ4v) is 0.819. The number of hydrogen-bond acceptors (Lipinski definition) is 2. The molecule has 0 fully saturated rings. The van der Waals surface area contributed by atoms with Crippen molar-refractivity contribution < 1.29 is 0 Å². The zero-order valence-electron chi connectivity index (χ0n) is 9.35. The third-order valence-corrected chi connectivity index (χ3v) is 1.53. The molecule has 15 heavy (non-hydrogen) atoms. The first-order valence-corrected chi connectivity index (χ1v) is 4.83. The molecule has 0 aliphatic carbocycles. The number of allylic oxidation sites excluding steroid dienone is 7. The van der Waals surface area contributed by atoms with Crippen molar-refractivity contribution >= 4 is 6.21 Å². The van der Waals surface area contributed by atoms with E-state index in [0.717, 1.165) is 5.70 Å². The van der Waals surface area contributed by atoms with Crippen LogP contribution in [0.1, 0.15) is 13.8 Å². The molecule has 0 rings (SSSR count). The van der Waals surface area contributed by atoms with Crippen LogP contribution in [0.5, 0.6) is 0 Å². The average molecular weight is 202 g/mol. The maximum atomic E-state index is 5.85. The van der Waals surface area contributed by atoms with E-state index in [0.29, 0.717) is 5.70 Å². The van der Waals surface area contributed by atoms with Gasteiger partial charge in [-0.2, -0.15) is 0 Å². The van der Waals surface area contributed by atoms with E-state index in [2.05, 4.69) is 11.6 Å². The van der Waals surface area contributed by atoms with Crippen molar-refractivity contribution in [2.45, 2.75) is 13.8 Å². The van der Waals surface area contributed by atoms with Gasteiger partial charge in [0.05, 0.1) is 11.4 Å². The molecule has 0 bridgehead atoms. The molecule has 2 heteroatoms. The highest BCUT2D eigenvalue weighted by atomic mass is 14.8. The molecule has 80 valence electrons. The largest absolute Gasteiger partial charge is 0.397 e. The molecule has 0 heterocycles. The van der Waals surface area contributed by atoms with Gasteiger partial charge < -0.3 is 5.73 Å². The summed E-state index contributed by atoms with van der Waals surface area (Å²) in [4.78, 5) is 4.17. The molecule has 0 spiro atoms. The normalized spacial score (nSPS) is 14.5. The fraction of sp³-hybridized carbons (Fsp3) is 0.154. The van der Waals surface area contributed by atoms with E-state index in [-0.39, 0.29) is 0 Å². The molecule has 0 unspecified atom stereocenters. The number of nitrogens with two attached hydrogens (primary N) is 1. The molecule has 0 radical (unpaired) electrons. The third kappa shape index (κ3) is 6.27. The van der Waals surface area contributed by atoms with Gasteiger partial charge in [-0.25, -0.2) is 0 Å². The fourth-order valence-electron chi connectivity index (χ4n) is 0.819. The average Bonchev–Trinajstić information content (AvgIpc) is 2.26. The Labute approximate surface area is 91.9 Å². The van der Waals surface area contributed by atoms with Gasteiger partial charge in [-0.3, -0.25) is 4.99 Å². The van der Waals surface area contributed by atoms with E-state index in [4.69, 9.17) is 5.73 Å². The maximum absolute atomic E-state index is 5.85. The van der Waals surface area contributed by atoms with E-state index in [1.807, 2.05) is 50.3 Å². The van der Waals surface area contributed by atoms with Gasteiger partial charge in [-0.05, 0) is 26.0 Å². The van der Waals surface area contributed by atoms with Gasteiger partial charge in [0.1, 0.15) is 0 Å². The third-order valence-electron chi connectivity index (χ3n) is 1.53. The smallest absolute Gasteiger partial charge is 0.0858 e. The molecule has 0 saturated carbocycles. The summed E-state index contributed by atoms with van der Waals surface area (Å²) in [6, 6.07) is 0. The summed E-state index contributed by atoms with van der Waals surface area (Å²) >= 11 is 0. The van der Waals surface area contributed by atoms with E-state index in [1.165, 1.54) is 0 Å². The van der Waals surface area contributed by atoms with Crippen LogP contribution < -0.4 is 5.73 Å². The summed E-state index contributed by atoms with van der Waals surface area (Å²) in [6.45, 7) is 7.44. The van der Waals surface area contributed by atoms with Gasteiger partial charge in [-0.1, -0.05) is 37.0 Å². The lowest BCUT2D eigenvalue weighted by atomic mass is 10.2. The van der Waals surface area contributed by atoms with Crippen molar-refractivity contribution in [3.8, 4) is 0 Å². The maximum Gasteiger partial charge on any atom is 0.0858 e. The monoisotopic (exact) mass is 202 g/mol. The van der Waals surface area contributed by atoms with Gasteiger partial charge in [0.2, 0.25) is 0 Å². The summed E-state index contributed by atoms with van der Waals surface area (Å²) in [5, 5.41) is 0. The Morgan fingerprint density at radius 2 is 1.73 bits per heavy atom. The lowest BCUT2D eigenvalue weighted by Crippen LogP contribution is -1.99. The van der Waals surface area contributed by atoms with Crippen LogP contribution in [-0.2, 0) is 0 Å². The van der Waals surface area contributed by atoms with Crippen molar-refractivity contribution in [2.24, 2.45) is 10.7 Å². The summed E-state index contributed by atoms with van der Waals surface area (Å²) in [6.07, 6.45) is 14.5. The van der Waals surface area contributed by atoms with Crippen molar-refractivity contribution in [3.05, 3.63) is 60.5 Å². The van der Waals surface area contributed by atoms with Gasteiger partial charge in [0, 0.05) is 6.21 Å². The zero-order chi connectivity index (χ0) is 11.5. The van der Waals surface area contributed by atoms with Crippen LogP contribution in [0.3, 0.4) is 0 Å². The molecule has 0 aromatic rings. The van der Waals surface area contributed by atoms with Crippen LogP contribution in [0.25, 0.3) is 0 Å². The topological polar surface area (TPSA) is 38.4 Å². The number of nitrogens with zero attached hydrogens (tertiary/aromatic N) is 1. The molecular weight excluding hydrogens is 184 g/mol. The SMILES string of the molecule is C=CC=NC(=C/C=C/C)/C(N)=C\C=C/C. The summed E-state index contributed by atoms with van der Waals surface area (Å²) in [5.74, 6) is 0. The van der Waals surface area contributed by atoms with Gasteiger partial charge >= 0.3 is 0 Å². The molecule has 2 nitrogen and oxygen atoms in total. The van der Waals surface area contributed by atoms with E-state index >= 15 is 0 Å². The minimum Gasteiger partial charge on any atom is -0.397 e. The van der Waals surface area contributed by atoms with Crippen molar-refractivity contribution in [1.29, 1.82) is 0 Å². The van der Waals surface area contributed by atoms with Gasteiger partial charge in [-0.15, -0.1) is 0 Å². The summed E-state index contributed by atoms with van der Waals surface area (Å²) < 4.78 is 0. The second-order valence-electron chi connectivity index (χ2n) is 2.74. The second-order valence-corrected chi connectivity index (χ2v) is 2.74. The molecule has 0 aliphatic rings. The highest BCUT2D eigenvalue weighted by molar-refractivity contribution is 5.72. The first-order chi connectivity index (χ1) is 7.26. The Kier molecular flexibility index (Phi) is 7.69. The lowest BCUT2D eigenvalue weighted by molar-refractivity contribution is 1.25. The molecule has 0 saturated heterocycles. The van der Waals surface area contributed by atoms with E-state index < -0.39 is 0 Å². The number of aliphatic imine (C=N–C) groups is 1. The quantitative estimate of drug-likeness (QED) is 0.540. The van der Waals surface area contributed by atoms with Gasteiger partial charge in [0.25, 0.3) is 0 Å². The zero-order valence-corrected chi connectivity index (χ0v) is 9.35. The summed E-state index contributed by atoms with van der Waals surface area (Å²) in [7, 11) is 0. The van der Waals surface area contributed by atoms with Crippen LogP contribution in [0.15, 0.2) is 65.5 Å². The minimum atomic E-state index is 0.629. The Morgan fingerprint density at radius 3 is 2.27 bits per heavy atom. The minimum absolute atomic E-state index is 0.629. The Morgan fingerprint density at radius 1 is 1.13 bits per heavy atom. The van der Waals surface area contributed by atoms with Crippen LogP contribution in [0.2, 0.25) is 0 Å². The van der Waals surface area contributed by atoms with Crippen molar-refractivity contribution in [3.63, 3.8) is 0 Å². The molecule has 0 aromatic heterocycles. The van der Waals surface area contributed by atoms with Crippen molar-refractivity contribution in [1.82, 2.24) is 0 Å². The Bertz CT molecular complexity index is 328. The van der Waals surface area contributed by atoms with Gasteiger partial charge in [0.15, 0.2) is 0 Å². The highest BCUT2D eigenvalue weighted by Gasteiger charge is 1.94. The number of hydrogen-bond donors (Lipinski definition) is 1. The first kappa shape index (κ1) is 13.2. The van der Waals surface area contributed by atoms with Crippen LogP contribution in [-0.4, -0.2) is 6.21 Å². The predicted octanol–water partition coefficient (Wildman–Crippen LogP) is 3.12. The predicted molar refractivity (Wildman–Crippen MR) is 68.7 cm³/mol. The highest BCUT2D eigenvalue weighted by Crippen LogP contribution is 2.06. The second kappa shape index (κ2) is 8.75.